The van der Waals surface area contributed by atoms with Crippen LogP contribution in [-0.2, 0) is 47.4 Å². The molecule has 598 valence electrons. The van der Waals surface area contributed by atoms with Gasteiger partial charge >= 0.3 is 0 Å². The molecule has 17 unspecified atom stereocenters. The number of hydrogen-bond acceptors (Lipinski definition) is 20. The molecule has 10 saturated heterocycles. The average Bonchev–Trinajstić information content (AvgIpc) is 1.38. The van der Waals surface area contributed by atoms with Crippen molar-refractivity contribution in [1.82, 2.24) is 25.3 Å². The van der Waals surface area contributed by atoms with E-state index < -0.39 is 28.9 Å². The summed E-state index contributed by atoms with van der Waals surface area (Å²) in [5, 5.41) is 61.9. The van der Waals surface area contributed by atoms with E-state index >= 15 is 0 Å². The van der Waals surface area contributed by atoms with Crippen LogP contribution in [0.25, 0.3) is 0 Å². The van der Waals surface area contributed by atoms with Gasteiger partial charge in [-0.15, -0.1) is 0 Å². The molecule has 0 aliphatic carbocycles. The number of rotatable bonds is 11. The fourth-order valence-electron chi connectivity index (χ4n) is 18.9. The summed E-state index contributed by atoms with van der Waals surface area (Å²) in [5.41, 5.74) is -3.01. The molecule has 0 radical (unpaired) electrons. The Bertz CT molecular complexity index is 2530. The second kappa shape index (κ2) is 33.0. The average molecular weight is 1440 g/mol. The third kappa shape index (κ3) is 16.2. The third-order valence-corrected chi connectivity index (χ3v) is 29.8. The molecule has 0 aromatic rings. The minimum atomic E-state index is -0.580. The van der Waals surface area contributed by atoms with Crippen LogP contribution in [-0.4, -0.2) is 201 Å². The first kappa shape index (κ1) is 90.8. The molecule has 0 amide bonds. The quantitative estimate of drug-likeness (QED) is 0.130. The Balaban J connectivity index is 0.000000226. The molecule has 0 bridgehead atoms. The van der Waals surface area contributed by atoms with E-state index in [0.717, 1.165) is 116 Å². The van der Waals surface area contributed by atoms with Crippen molar-refractivity contribution in [3.05, 3.63) is 0 Å². The van der Waals surface area contributed by atoms with Gasteiger partial charge in [0.15, 0.2) is 28.9 Å². The number of piperidine rings is 5. The van der Waals surface area contributed by atoms with Gasteiger partial charge < -0.3 is 73.4 Å². The van der Waals surface area contributed by atoms with Gasteiger partial charge in [-0.2, -0.15) is 25.3 Å². The monoisotopic (exact) mass is 1440 g/mol. The van der Waals surface area contributed by atoms with Crippen LogP contribution in [0.3, 0.4) is 0 Å². The Labute approximate surface area is 617 Å². The number of nitrogens with zero attached hydrogens (tertiary/aromatic N) is 5. The van der Waals surface area contributed by atoms with E-state index in [1.807, 2.05) is 13.8 Å². The van der Waals surface area contributed by atoms with Gasteiger partial charge in [0.25, 0.3) is 0 Å². The Kier molecular flexibility index (Phi) is 29.7. The summed E-state index contributed by atoms with van der Waals surface area (Å²) in [6.07, 6.45) is 14.4. The minimum Gasteiger partial charge on any atom is -0.349 e. The lowest BCUT2D eigenvalue weighted by Gasteiger charge is -2.63. The van der Waals surface area contributed by atoms with Gasteiger partial charge in [-0.1, -0.05) is 145 Å². The zero-order chi connectivity index (χ0) is 77.3. The van der Waals surface area contributed by atoms with Gasteiger partial charge in [0.1, 0.15) is 0 Å². The lowest BCUT2D eigenvalue weighted by atomic mass is 9.67. The Hall–Kier alpha value is -0.800. The van der Waals surface area contributed by atoms with E-state index in [0.29, 0.717) is 52.3 Å². The maximum atomic E-state index is 10.9. The molecule has 5 N–H and O–H groups in total. The Morgan fingerprint density at radius 3 is 0.743 bits per heavy atom. The highest BCUT2D eigenvalue weighted by Crippen LogP contribution is 2.59. The molecule has 0 aromatic heterocycles. The highest BCUT2D eigenvalue weighted by atomic mass is 16.8. The minimum absolute atomic E-state index is 0.0621. The fourth-order valence-corrected chi connectivity index (χ4v) is 18.9. The number of ether oxygens (including phenoxy) is 10. The van der Waals surface area contributed by atoms with E-state index in [1.54, 1.807) is 25.3 Å². The van der Waals surface area contributed by atoms with Crippen molar-refractivity contribution in [2.24, 2.45) is 40.4 Å². The first-order valence-electron chi connectivity index (χ1n) is 40.5. The normalized spacial score (nSPS) is 46.0. The van der Waals surface area contributed by atoms with Gasteiger partial charge in [-0.3, -0.25) is 0 Å². The molecule has 0 saturated carbocycles. The highest BCUT2D eigenvalue weighted by molar-refractivity contribution is 5.14. The van der Waals surface area contributed by atoms with Crippen LogP contribution in [0.2, 0.25) is 0 Å². The summed E-state index contributed by atoms with van der Waals surface area (Å²) in [4.78, 5) is 0. The zero-order valence-electron chi connectivity index (χ0n) is 70.9. The summed E-state index contributed by atoms with van der Waals surface area (Å²) in [5.74, 6) is -2.15. The molecule has 0 aromatic carbocycles. The lowest BCUT2D eigenvalue weighted by Crippen LogP contribution is -2.73. The summed E-state index contributed by atoms with van der Waals surface area (Å²) < 4.78 is 61.9. The van der Waals surface area contributed by atoms with E-state index in [1.165, 1.54) is 0 Å². The number of hydroxylamine groups is 10. The molecular formula is C81H159N5O15. The summed E-state index contributed by atoms with van der Waals surface area (Å²) >= 11 is 0. The summed E-state index contributed by atoms with van der Waals surface area (Å²) in [7, 11) is 0. The molecule has 5 spiro atoms. The third-order valence-electron chi connectivity index (χ3n) is 29.8. The summed E-state index contributed by atoms with van der Waals surface area (Å²) in [6.45, 7) is 74.3. The predicted octanol–water partition coefficient (Wildman–Crippen LogP) is 18.2. The van der Waals surface area contributed by atoms with Crippen LogP contribution in [0.5, 0.6) is 0 Å². The fraction of sp³-hybridized carbons (Fsp3) is 1.00. The van der Waals surface area contributed by atoms with Crippen LogP contribution in [0.15, 0.2) is 0 Å². The maximum Gasteiger partial charge on any atom is 0.175 e. The molecule has 10 heterocycles. The van der Waals surface area contributed by atoms with Gasteiger partial charge in [-0.25, -0.2) is 0 Å². The second-order valence-corrected chi connectivity index (χ2v) is 36.4. The van der Waals surface area contributed by atoms with Crippen molar-refractivity contribution in [3.8, 4) is 0 Å². The topological polar surface area (TPSA) is 210 Å². The zero-order valence-corrected chi connectivity index (χ0v) is 70.9. The van der Waals surface area contributed by atoms with Crippen molar-refractivity contribution in [1.29, 1.82) is 0 Å². The Morgan fingerprint density at radius 1 is 0.287 bits per heavy atom. The van der Waals surface area contributed by atoms with Crippen molar-refractivity contribution in [2.75, 3.05) is 59.5 Å². The standard InChI is InChI=1S/C18H35NO3.C17H33NO3.2C15H29NO3.C14H27NO3.C2H6/c1-8-15(5)12-21-18(22-13-15)11-16(6,9-2)19(20)17(7,10-3)14(18)4;1-8-15(6)10-17(20-11-14(4,5)12-21-17)13(3)16(7,9-2)18(15)19;1-7-13(5)10-15(18-9-11(3)19-15)12(4)14(6,8-2)16(13)17;1-6-13(4)11-15(18-9-8-10-19-15)12(3)14(5,7-2)16(13)17;1-6-12(4)10-14(17-8-9-18-14)11(3)13(5,7-2)15(12)16;1-2/h14,20H,8-13H2,1-7H3;13,19H,8-12H2,1-7H3;11-12,17H,7-10H2,1-6H3;12,17H,6-11H2,1-5H3;11,16H,6-10H2,1-5H3;1-2H3. The second-order valence-electron chi connectivity index (χ2n) is 36.4. The van der Waals surface area contributed by atoms with Crippen molar-refractivity contribution in [2.45, 2.75) is 421 Å². The molecule has 10 fully saturated rings. The van der Waals surface area contributed by atoms with E-state index in [9.17, 15) is 26.0 Å². The van der Waals surface area contributed by atoms with Crippen LogP contribution in [0.1, 0.15) is 331 Å². The van der Waals surface area contributed by atoms with Gasteiger partial charge in [0.2, 0.25) is 0 Å². The maximum absolute atomic E-state index is 10.9. The first-order chi connectivity index (χ1) is 46.6. The van der Waals surface area contributed by atoms with Crippen molar-refractivity contribution in [3.63, 3.8) is 0 Å². The molecule has 10 rings (SSSR count). The van der Waals surface area contributed by atoms with E-state index in [4.69, 9.17) is 47.4 Å². The van der Waals surface area contributed by atoms with Crippen molar-refractivity contribution < 1.29 is 73.4 Å². The molecule has 101 heavy (non-hydrogen) atoms. The largest absolute Gasteiger partial charge is 0.349 e. The molecule has 17 atom stereocenters. The molecule has 10 aliphatic rings. The van der Waals surface area contributed by atoms with Gasteiger partial charge in [0.05, 0.1) is 93.3 Å². The van der Waals surface area contributed by atoms with Crippen LogP contribution in [0.4, 0.5) is 0 Å². The molecular weight excluding hydrogens is 1280 g/mol. The summed E-state index contributed by atoms with van der Waals surface area (Å²) in [6, 6.07) is 0. The van der Waals surface area contributed by atoms with Crippen LogP contribution in [0, 0.1) is 40.4 Å². The highest BCUT2D eigenvalue weighted by Gasteiger charge is 2.68. The molecule has 20 nitrogen and oxygen atoms in total. The SMILES string of the molecule is CC.CCC1(C)CC2(OCC(C)(C)CO2)C(C)C(C)(CC)N1O.CCC1(C)CC2(OCC(C)O2)C(C)C(C)(CC)N1O.CCC1(C)CC2(OCCCO2)C(C)C(C)(CC)N1O.CCC1(C)CC2(OCCO2)C(C)C(C)(CC)N1O.CCC1(C)COC2(CC(C)(CC)N(O)C(C)(CC)C2C)OC1. The van der Waals surface area contributed by atoms with E-state index in [2.05, 4.69) is 208 Å². The Morgan fingerprint density at radius 2 is 0.515 bits per heavy atom. The predicted molar refractivity (Wildman–Crippen MR) is 400 cm³/mol. The first-order valence-corrected chi connectivity index (χ1v) is 40.5. The van der Waals surface area contributed by atoms with Crippen LogP contribution >= 0.6 is 0 Å². The van der Waals surface area contributed by atoms with Crippen LogP contribution < -0.4 is 0 Å². The van der Waals surface area contributed by atoms with Gasteiger partial charge in [-0.05, 0) is 153 Å². The smallest absolute Gasteiger partial charge is 0.175 e. The molecule has 20 heteroatoms. The van der Waals surface area contributed by atoms with Gasteiger partial charge in [0, 0.05) is 100 Å². The lowest BCUT2D eigenvalue weighted by molar-refractivity contribution is -0.400. The van der Waals surface area contributed by atoms with E-state index in [-0.39, 0.29) is 102 Å². The molecule has 10 aliphatic heterocycles. The number of hydrogen-bond donors (Lipinski definition) is 5. The van der Waals surface area contributed by atoms with Crippen molar-refractivity contribution >= 4 is 0 Å².